The van der Waals surface area contributed by atoms with Gasteiger partial charge in [-0.3, -0.25) is 4.79 Å². The molecule has 22 heavy (non-hydrogen) atoms. The van der Waals surface area contributed by atoms with E-state index in [1.54, 1.807) is 0 Å². The van der Waals surface area contributed by atoms with Gasteiger partial charge in [-0.2, -0.15) is 0 Å². The number of amides is 1. The second-order valence-electron chi connectivity index (χ2n) is 5.72. The van der Waals surface area contributed by atoms with Crippen LogP contribution in [-0.2, 0) is 20.7 Å². The van der Waals surface area contributed by atoms with Crippen molar-refractivity contribution in [3.8, 4) is 0 Å². The lowest BCUT2D eigenvalue weighted by Gasteiger charge is -2.33. The minimum absolute atomic E-state index is 0.0655. The summed E-state index contributed by atoms with van der Waals surface area (Å²) in [4.78, 5) is 25.1. The standard InChI is InChI=1S/C17H23NO4/c1-3-13-4-6-14(7-5-13)12(2)10-16(19)18-8-9-22-11-15(18)17(20)21/h4-7,12,15H,3,8-11H2,1-2H3,(H,20,21). The first kappa shape index (κ1) is 16.5. The Morgan fingerprint density at radius 3 is 2.64 bits per heavy atom. The van der Waals surface area contributed by atoms with Crippen LogP contribution in [0.1, 0.15) is 37.3 Å². The Labute approximate surface area is 130 Å². The molecule has 1 aliphatic heterocycles. The van der Waals surface area contributed by atoms with Crippen molar-refractivity contribution < 1.29 is 19.4 Å². The van der Waals surface area contributed by atoms with Crippen LogP contribution in [0.15, 0.2) is 24.3 Å². The molecule has 5 nitrogen and oxygen atoms in total. The molecule has 0 spiro atoms. The maximum atomic E-state index is 12.4. The molecule has 1 N–H and O–H groups in total. The lowest BCUT2D eigenvalue weighted by molar-refractivity contribution is -0.158. The summed E-state index contributed by atoms with van der Waals surface area (Å²) in [7, 11) is 0. The van der Waals surface area contributed by atoms with Gasteiger partial charge in [-0.05, 0) is 23.5 Å². The molecule has 1 aromatic carbocycles. The molecule has 0 aromatic heterocycles. The Morgan fingerprint density at radius 1 is 1.36 bits per heavy atom. The normalized spacial score (nSPS) is 19.7. The molecule has 1 saturated heterocycles. The molecule has 1 heterocycles. The molecule has 1 aromatic rings. The fourth-order valence-corrected chi connectivity index (χ4v) is 2.69. The second-order valence-corrected chi connectivity index (χ2v) is 5.72. The van der Waals surface area contributed by atoms with Crippen LogP contribution in [-0.4, -0.2) is 47.7 Å². The summed E-state index contributed by atoms with van der Waals surface area (Å²) in [5.74, 6) is -1.06. The van der Waals surface area contributed by atoms with Crippen molar-refractivity contribution in [3.05, 3.63) is 35.4 Å². The number of hydrogen-bond acceptors (Lipinski definition) is 3. The number of hydrogen-bond donors (Lipinski definition) is 1. The number of morpholine rings is 1. The smallest absolute Gasteiger partial charge is 0.328 e. The Bertz CT molecular complexity index is 526. The summed E-state index contributed by atoms with van der Waals surface area (Å²) < 4.78 is 5.16. The summed E-state index contributed by atoms with van der Waals surface area (Å²) in [6.45, 7) is 4.91. The zero-order valence-corrected chi connectivity index (χ0v) is 13.1. The molecular formula is C17H23NO4. The van der Waals surface area contributed by atoms with Gasteiger partial charge in [-0.15, -0.1) is 0 Å². The quantitative estimate of drug-likeness (QED) is 0.904. The third-order valence-electron chi connectivity index (χ3n) is 4.17. The van der Waals surface area contributed by atoms with E-state index in [1.807, 2.05) is 19.1 Å². The van der Waals surface area contributed by atoms with E-state index in [9.17, 15) is 14.7 Å². The van der Waals surface area contributed by atoms with E-state index < -0.39 is 12.0 Å². The third-order valence-corrected chi connectivity index (χ3v) is 4.17. The molecule has 2 rings (SSSR count). The van der Waals surface area contributed by atoms with Crippen LogP contribution in [0, 0.1) is 0 Å². The van der Waals surface area contributed by atoms with Gasteiger partial charge in [0.25, 0.3) is 0 Å². The van der Waals surface area contributed by atoms with Gasteiger partial charge in [0.15, 0.2) is 6.04 Å². The number of rotatable bonds is 5. The van der Waals surface area contributed by atoms with Crippen LogP contribution in [0.5, 0.6) is 0 Å². The maximum Gasteiger partial charge on any atom is 0.328 e. The SMILES string of the molecule is CCc1ccc(C(C)CC(=O)N2CCOCC2C(=O)O)cc1. The van der Waals surface area contributed by atoms with E-state index in [4.69, 9.17) is 4.74 Å². The number of benzene rings is 1. The third kappa shape index (κ3) is 3.85. The lowest BCUT2D eigenvalue weighted by Crippen LogP contribution is -2.52. The predicted octanol–water partition coefficient (Wildman–Crippen LogP) is 2.05. The first-order chi connectivity index (χ1) is 10.5. The summed E-state index contributed by atoms with van der Waals surface area (Å²) >= 11 is 0. The fourth-order valence-electron chi connectivity index (χ4n) is 2.69. The van der Waals surface area contributed by atoms with Crippen LogP contribution in [0.3, 0.4) is 0 Å². The van der Waals surface area contributed by atoms with Crippen LogP contribution in [0.4, 0.5) is 0 Å². The van der Waals surface area contributed by atoms with E-state index in [0.717, 1.165) is 12.0 Å². The first-order valence-corrected chi connectivity index (χ1v) is 7.71. The van der Waals surface area contributed by atoms with Gasteiger partial charge < -0.3 is 14.7 Å². The highest BCUT2D eigenvalue weighted by atomic mass is 16.5. The summed E-state index contributed by atoms with van der Waals surface area (Å²) in [5, 5.41) is 9.19. The number of carboxylic acid groups (broad SMARTS) is 1. The Morgan fingerprint density at radius 2 is 2.05 bits per heavy atom. The fraction of sp³-hybridized carbons (Fsp3) is 0.529. The van der Waals surface area contributed by atoms with E-state index in [0.29, 0.717) is 19.6 Å². The molecule has 2 unspecified atom stereocenters. The first-order valence-electron chi connectivity index (χ1n) is 7.71. The minimum atomic E-state index is -1.01. The number of aryl methyl sites for hydroxylation is 1. The predicted molar refractivity (Wildman–Crippen MR) is 82.8 cm³/mol. The molecule has 1 aliphatic rings. The van der Waals surface area contributed by atoms with Gasteiger partial charge >= 0.3 is 5.97 Å². The van der Waals surface area contributed by atoms with E-state index in [-0.39, 0.29) is 18.4 Å². The van der Waals surface area contributed by atoms with Crippen molar-refractivity contribution in [2.24, 2.45) is 0 Å². The summed E-state index contributed by atoms with van der Waals surface area (Å²) in [6, 6.07) is 7.38. The zero-order valence-electron chi connectivity index (χ0n) is 13.1. The minimum Gasteiger partial charge on any atom is -0.480 e. The number of ether oxygens (including phenoxy) is 1. The average Bonchev–Trinajstić information content (AvgIpc) is 2.54. The molecule has 5 heteroatoms. The number of carboxylic acids is 1. The van der Waals surface area contributed by atoms with Crippen molar-refractivity contribution in [2.45, 2.75) is 38.6 Å². The monoisotopic (exact) mass is 305 g/mol. The van der Waals surface area contributed by atoms with E-state index in [2.05, 4.69) is 19.1 Å². The van der Waals surface area contributed by atoms with Crippen LogP contribution in [0.2, 0.25) is 0 Å². The molecule has 0 saturated carbocycles. The molecule has 120 valence electrons. The number of carbonyl (C=O) groups excluding carboxylic acids is 1. The van der Waals surface area contributed by atoms with Gasteiger partial charge in [-0.1, -0.05) is 38.1 Å². The Kier molecular flexibility index (Phi) is 5.55. The van der Waals surface area contributed by atoms with Crippen molar-refractivity contribution in [1.29, 1.82) is 0 Å². The molecule has 2 atom stereocenters. The van der Waals surface area contributed by atoms with Crippen molar-refractivity contribution in [3.63, 3.8) is 0 Å². The molecule has 0 aliphatic carbocycles. The van der Waals surface area contributed by atoms with E-state index >= 15 is 0 Å². The second kappa shape index (κ2) is 7.40. The summed E-state index contributed by atoms with van der Waals surface area (Å²) in [6.07, 6.45) is 1.30. The van der Waals surface area contributed by atoms with Gasteiger partial charge in [0.2, 0.25) is 5.91 Å². The highest BCUT2D eigenvalue weighted by Crippen LogP contribution is 2.22. The Hall–Kier alpha value is -1.88. The number of nitrogens with zero attached hydrogens (tertiary/aromatic N) is 1. The van der Waals surface area contributed by atoms with Gasteiger partial charge in [0.05, 0.1) is 13.2 Å². The summed E-state index contributed by atoms with van der Waals surface area (Å²) in [5.41, 5.74) is 2.37. The topological polar surface area (TPSA) is 66.8 Å². The molecule has 1 fully saturated rings. The maximum absolute atomic E-state index is 12.4. The number of carbonyl (C=O) groups is 2. The van der Waals surface area contributed by atoms with Crippen LogP contribution < -0.4 is 0 Å². The lowest BCUT2D eigenvalue weighted by atomic mass is 9.95. The van der Waals surface area contributed by atoms with Crippen molar-refractivity contribution in [2.75, 3.05) is 19.8 Å². The highest BCUT2D eigenvalue weighted by molar-refractivity contribution is 5.84. The van der Waals surface area contributed by atoms with Crippen molar-refractivity contribution in [1.82, 2.24) is 4.90 Å². The molecule has 1 amide bonds. The van der Waals surface area contributed by atoms with Gasteiger partial charge in [0.1, 0.15) is 0 Å². The van der Waals surface area contributed by atoms with Crippen molar-refractivity contribution >= 4 is 11.9 Å². The zero-order chi connectivity index (χ0) is 16.1. The highest BCUT2D eigenvalue weighted by Gasteiger charge is 2.33. The van der Waals surface area contributed by atoms with Gasteiger partial charge in [-0.25, -0.2) is 4.79 Å². The van der Waals surface area contributed by atoms with Gasteiger partial charge in [0, 0.05) is 13.0 Å². The Balaban J connectivity index is 2.01. The van der Waals surface area contributed by atoms with E-state index in [1.165, 1.54) is 10.5 Å². The number of aliphatic carboxylic acids is 1. The largest absolute Gasteiger partial charge is 0.480 e. The molecule has 0 bridgehead atoms. The average molecular weight is 305 g/mol. The molecule has 0 radical (unpaired) electrons. The van der Waals surface area contributed by atoms with Crippen LogP contribution in [0.25, 0.3) is 0 Å². The van der Waals surface area contributed by atoms with Crippen LogP contribution >= 0.6 is 0 Å². The molecular weight excluding hydrogens is 282 g/mol.